The van der Waals surface area contributed by atoms with Gasteiger partial charge in [0.25, 0.3) is 0 Å². The second kappa shape index (κ2) is 3.72. The van der Waals surface area contributed by atoms with Gasteiger partial charge >= 0.3 is 0 Å². The summed E-state index contributed by atoms with van der Waals surface area (Å²) < 4.78 is 0. The predicted molar refractivity (Wildman–Crippen MR) is 60.2 cm³/mol. The first kappa shape index (κ1) is 9.09. The molecule has 0 spiro atoms. The molecule has 0 saturated heterocycles. The molecule has 2 rings (SSSR count). The van der Waals surface area contributed by atoms with Crippen molar-refractivity contribution in [2.45, 2.75) is 6.92 Å². The van der Waals surface area contributed by atoms with Gasteiger partial charge in [-0.25, -0.2) is 0 Å². The fraction of sp³-hybridized carbons (Fsp3) is 0.0909. The molecule has 0 saturated carbocycles. The number of rotatable bonds is 2. The van der Waals surface area contributed by atoms with E-state index in [-0.39, 0.29) is 0 Å². The monoisotopic (exact) mass is 202 g/mol. The molecule has 0 aliphatic heterocycles. The molecule has 0 unspecified atom stereocenters. The van der Waals surface area contributed by atoms with Gasteiger partial charge in [-0.05, 0) is 12.5 Å². The van der Waals surface area contributed by atoms with E-state index in [4.69, 9.17) is 0 Å². The SMILES string of the molecule is C=Cc1ccc(-c2nnc(C)s2)cc1. The average Bonchev–Trinajstić information content (AvgIpc) is 2.65. The van der Waals surface area contributed by atoms with Crippen LogP contribution in [0, 0.1) is 6.92 Å². The van der Waals surface area contributed by atoms with Crippen molar-refractivity contribution in [1.82, 2.24) is 10.2 Å². The lowest BCUT2D eigenvalue weighted by Gasteiger charge is -1.95. The minimum Gasteiger partial charge on any atom is -0.143 e. The summed E-state index contributed by atoms with van der Waals surface area (Å²) in [5.41, 5.74) is 2.23. The third kappa shape index (κ3) is 1.72. The van der Waals surface area contributed by atoms with Gasteiger partial charge in [0.15, 0.2) is 0 Å². The molecule has 1 aromatic heterocycles. The fourth-order valence-corrected chi connectivity index (χ4v) is 1.87. The Morgan fingerprint density at radius 2 is 1.93 bits per heavy atom. The zero-order chi connectivity index (χ0) is 9.97. The van der Waals surface area contributed by atoms with Crippen molar-refractivity contribution < 1.29 is 0 Å². The van der Waals surface area contributed by atoms with Gasteiger partial charge in [-0.2, -0.15) is 0 Å². The first-order valence-corrected chi connectivity index (χ1v) is 5.14. The van der Waals surface area contributed by atoms with E-state index in [9.17, 15) is 0 Å². The lowest BCUT2D eigenvalue weighted by Crippen LogP contribution is -1.77. The second-order valence-electron chi connectivity index (χ2n) is 2.95. The molecule has 0 atom stereocenters. The quantitative estimate of drug-likeness (QED) is 0.747. The Hall–Kier alpha value is -1.48. The van der Waals surface area contributed by atoms with Crippen molar-refractivity contribution in [1.29, 1.82) is 0 Å². The summed E-state index contributed by atoms with van der Waals surface area (Å²) in [5, 5.41) is 10.0. The summed E-state index contributed by atoms with van der Waals surface area (Å²) in [7, 11) is 0. The van der Waals surface area contributed by atoms with E-state index >= 15 is 0 Å². The highest BCUT2D eigenvalue weighted by Crippen LogP contribution is 2.23. The molecule has 3 heteroatoms. The number of aromatic nitrogens is 2. The van der Waals surface area contributed by atoms with E-state index in [1.54, 1.807) is 11.3 Å². The van der Waals surface area contributed by atoms with Crippen molar-refractivity contribution in [3.63, 3.8) is 0 Å². The van der Waals surface area contributed by atoms with Gasteiger partial charge in [-0.1, -0.05) is 48.3 Å². The summed E-state index contributed by atoms with van der Waals surface area (Å²) in [6.07, 6.45) is 1.83. The lowest BCUT2D eigenvalue weighted by molar-refractivity contribution is 1.05. The molecule has 0 N–H and O–H groups in total. The van der Waals surface area contributed by atoms with Gasteiger partial charge in [0.2, 0.25) is 0 Å². The van der Waals surface area contributed by atoms with Gasteiger partial charge in [0.05, 0.1) is 0 Å². The van der Waals surface area contributed by atoms with Crippen LogP contribution in [-0.4, -0.2) is 10.2 Å². The number of hydrogen-bond donors (Lipinski definition) is 0. The number of hydrogen-bond acceptors (Lipinski definition) is 3. The maximum Gasteiger partial charge on any atom is 0.147 e. The van der Waals surface area contributed by atoms with Gasteiger partial charge in [0.1, 0.15) is 10.0 Å². The molecule has 0 bridgehead atoms. The van der Waals surface area contributed by atoms with Crippen molar-refractivity contribution in [2.75, 3.05) is 0 Å². The first-order chi connectivity index (χ1) is 6.79. The average molecular weight is 202 g/mol. The smallest absolute Gasteiger partial charge is 0.143 e. The standard InChI is InChI=1S/C11H10N2S/c1-3-9-4-6-10(7-5-9)11-13-12-8(2)14-11/h3-7H,1H2,2H3. The van der Waals surface area contributed by atoms with Crippen LogP contribution in [-0.2, 0) is 0 Å². The fourth-order valence-electron chi connectivity index (χ4n) is 1.17. The molecule has 2 aromatic rings. The summed E-state index contributed by atoms with van der Waals surface area (Å²) >= 11 is 1.61. The minimum atomic E-state index is 0.970. The van der Waals surface area contributed by atoms with E-state index in [1.807, 2.05) is 37.3 Å². The summed E-state index contributed by atoms with van der Waals surface area (Å²) in [6.45, 7) is 5.67. The molecule has 14 heavy (non-hydrogen) atoms. The Bertz CT molecular complexity index is 443. The summed E-state index contributed by atoms with van der Waals surface area (Å²) in [5.74, 6) is 0. The largest absolute Gasteiger partial charge is 0.147 e. The normalized spacial score (nSPS) is 10.1. The Balaban J connectivity index is 2.38. The van der Waals surface area contributed by atoms with Crippen LogP contribution < -0.4 is 0 Å². The van der Waals surface area contributed by atoms with Crippen LogP contribution in [0.2, 0.25) is 0 Å². The Morgan fingerprint density at radius 1 is 1.21 bits per heavy atom. The number of nitrogens with zero attached hydrogens (tertiary/aromatic N) is 2. The van der Waals surface area contributed by atoms with Crippen LogP contribution in [0.15, 0.2) is 30.8 Å². The van der Waals surface area contributed by atoms with Crippen LogP contribution in [0.25, 0.3) is 16.6 Å². The van der Waals surface area contributed by atoms with E-state index in [2.05, 4.69) is 16.8 Å². The number of benzene rings is 1. The second-order valence-corrected chi connectivity index (χ2v) is 4.13. The molecular weight excluding hydrogens is 192 g/mol. The predicted octanol–water partition coefficient (Wildman–Crippen LogP) is 3.16. The molecule has 1 aromatic carbocycles. The topological polar surface area (TPSA) is 25.8 Å². The Morgan fingerprint density at radius 3 is 2.43 bits per heavy atom. The zero-order valence-corrected chi connectivity index (χ0v) is 8.71. The maximum atomic E-state index is 4.08. The van der Waals surface area contributed by atoms with Crippen molar-refractivity contribution in [2.24, 2.45) is 0 Å². The van der Waals surface area contributed by atoms with E-state index in [0.717, 1.165) is 21.1 Å². The van der Waals surface area contributed by atoms with Crippen molar-refractivity contribution >= 4 is 17.4 Å². The van der Waals surface area contributed by atoms with E-state index in [0.29, 0.717) is 0 Å². The van der Waals surface area contributed by atoms with Gasteiger partial charge in [-0.15, -0.1) is 10.2 Å². The zero-order valence-electron chi connectivity index (χ0n) is 7.90. The van der Waals surface area contributed by atoms with Crippen molar-refractivity contribution in [3.05, 3.63) is 41.4 Å². The maximum absolute atomic E-state index is 4.08. The summed E-state index contributed by atoms with van der Waals surface area (Å²) in [6, 6.07) is 8.13. The third-order valence-electron chi connectivity index (χ3n) is 1.92. The molecular formula is C11H10N2S. The van der Waals surface area contributed by atoms with Crippen LogP contribution in [0.3, 0.4) is 0 Å². The molecule has 0 amide bonds. The lowest BCUT2D eigenvalue weighted by atomic mass is 10.1. The highest BCUT2D eigenvalue weighted by Gasteiger charge is 2.02. The number of aryl methyl sites for hydroxylation is 1. The molecule has 0 aliphatic rings. The molecule has 1 heterocycles. The van der Waals surface area contributed by atoms with E-state index < -0.39 is 0 Å². The Kier molecular flexibility index (Phi) is 2.41. The van der Waals surface area contributed by atoms with Gasteiger partial charge in [-0.3, -0.25) is 0 Å². The summed E-state index contributed by atoms with van der Waals surface area (Å²) in [4.78, 5) is 0. The van der Waals surface area contributed by atoms with Crippen LogP contribution in [0.1, 0.15) is 10.6 Å². The molecule has 70 valence electrons. The minimum absolute atomic E-state index is 0.970. The van der Waals surface area contributed by atoms with Crippen LogP contribution >= 0.6 is 11.3 Å². The van der Waals surface area contributed by atoms with Crippen LogP contribution in [0.4, 0.5) is 0 Å². The molecule has 2 nitrogen and oxygen atoms in total. The highest BCUT2D eigenvalue weighted by molar-refractivity contribution is 7.14. The first-order valence-electron chi connectivity index (χ1n) is 4.32. The van der Waals surface area contributed by atoms with Gasteiger partial charge in [0, 0.05) is 5.56 Å². The molecule has 0 fully saturated rings. The highest BCUT2D eigenvalue weighted by atomic mass is 32.1. The van der Waals surface area contributed by atoms with E-state index in [1.165, 1.54) is 0 Å². The Labute approximate surface area is 86.9 Å². The van der Waals surface area contributed by atoms with Crippen molar-refractivity contribution in [3.8, 4) is 10.6 Å². The molecule has 0 aliphatic carbocycles. The van der Waals surface area contributed by atoms with Crippen LogP contribution in [0.5, 0.6) is 0 Å². The molecule has 0 radical (unpaired) electrons. The van der Waals surface area contributed by atoms with Gasteiger partial charge < -0.3 is 0 Å². The third-order valence-corrected chi connectivity index (χ3v) is 2.81.